The fourth-order valence-corrected chi connectivity index (χ4v) is 17.1. The van der Waals surface area contributed by atoms with Crippen molar-refractivity contribution in [2.45, 2.75) is 164 Å². The normalized spacial score (nSPS) is 19.2. The molecule has 0 bridgehead atoms. The van der Waals surface area contributed by atoms with Crippen LogP contribution >= 0.6 is 87.7 Å². The van der Waals surface area contributed by atoms with E-state index in [0.29, 0.717) is 78.1 Å². The van der Waals surface area contributed by atoms with Gasteiger partial charge in [0.2, 0.25) is 11.8 Å². The average Bonchev–Trinajstić information content (AvgIpc) is 1.66. The Morgan fingerprint density at radius 3 is 0.932 bits per heavy atom. The van der Waals surface area contributed by atoms with Gasteiger partial charge in [0.15, 0.2) is 0 Å². The van der Waals surface area contributed by atoms with Gasteiger partial charge in [-0.2, -0.15) is 52.7 Å². The Morgan fingerprint density at radius 2 is 0.646 bits per heavy atom. The van der Waals surface area contributed by atoms with E-state index in [-0.39, 0.29) is 126 Å². The van der Waals surface area contributed by atoms with Gasteiger partial charge in [-0.05, 0) is 181 Å². The molecule has 44 heteroatoms. The summed E-state index contributed by atoms with van der Waals surface area (Å²) in [4.78, 5) is 125. The van der Waals surface area contributed by atoms with Crippen molar-refractivity contribution in [2.24, 2.45) is 29.6 Å². The van der Waals surface area contributed by atoms with E-state index in [1.807, 2.05) is 43.3 Å². The van der Waals surface area contributed by atoms with E-state index in [0.717, 1.165) is 30.4 Å². The molecule has 0 radical (unpaired) electrons. The molecule has 5 amide bonds. The molecule has 5 heterocycles. The summed E-state index contributed by atoms with van der Waals surface area (Å²) in [5.74, 6) is -10.3. The Morgan fingerprint density at radius 1 is 0.381 bits per heavy atom. The molecule has 12 rings (SSSR count). The number of likely N-dealkylation sites (tertiary alicyclic amines) is 4. The van der Waals surface area contributed by atoms with Crippen LogP contribution in [0.25, 0.3) is 12.2 Å². The second-order valence-corrected chi connectivity index (χ2v) is 49.8. The molecule has 0 spiro atoms. The number of carboxylic acid groups (broad SMARTS) is 1. The van der Waals surface area contributed by atoms with Crippen molar-refractivity contribution < 1.29 is 144 Å². The standard InChI is InChI=1S/C29H34F3N3O5.C27H30F3N3O5.C15H15BrF3NO3.C15H17BrF3NO2.C13H16BrNO2.4CH4.2HI.V/c1-5-39-26(37)22-17-35(18-29(30,31)32)16-21(22)20-13-10-19(11-14-20)12-15-25(36)33-23-8-6-7-9-24(23)34-27(38)40-28(2,3)4;1-26(2,3)38-25(37)32-22-7-5-4-6-21(22)31-23(34)13-10-17-8-11-18(12-9-17)19-14-33(16-27(28,29)30)15-20(19)24(35)36;1-2-23-13(21)12-8-20(14(22)15(17,18)19)7-11(12)9-3-5-10(16)6-4-9;1-2-22-14(21)13-8-20(9-15(17,18)19)7-12(13)10-3-5-11(16)6-4-10;1-2-17-13(16)12-8-15-7-11(12)9-3-5-10(14)6-4-9;;;;;;;/h6-15,21-22H,5,16-18H2,1-4H3,(H,33,36)(H,34,38);4-13,19-20H,14-16H2,1-3H3,(H,31,34)(H,32,37)(H,35,36);3-6,11-12H,2,7-8H2,1H3;3-6,12-13H,2,7-9H2,1H3;3-6,11-12,15H,2,7-8H2,1H3;4*1H4;2*1H;/q;;;;;;;;;;;+2/p-2/b15-12+;13-10+;;;;;;;;;;. The number of aliphatic carboxylic acids is 1. The number of hydrogen-bond acceptors (Lipinski definition) is 20. The van der Waals surface area contributed by atoms with Crippen LogP contribution in [0.15, 0.2) is 195 Å². The third kappa shape index (κ3) is 45.5. The van der Waals surface area contributed by atoms with E-state index >= 15 is 0 Å². The van der Waals surface area contributed by atoms with Gasteiger partial charge in [0.25, 0.3) is 0 Å². The summed E-state index contributed by atoms with van der Waals surface area (Å²) in [6, 6.07) is 49.3. The molecule has 5 fully saturated rings. The number of nitrogens with zero attached hydrogens (tertiary/aromatic N) is 4. The van der Waals surface area contributed by atoms with E-state index in [1.54, 1.807) is 196 Å². The molecule has 811 valence electrons. The number of amides is 5. The van der Waals surface area contributed by atoms with Gasteiger partial charge in [-0.3, -0.25) is 63.7 Å². The first-order valence-electron chi connectivity index (χ1n) is 45.0. The second kappa shape index (κ2) is 62.0. The summed E-state index contributed by atoms with van der Waals surface area (Å²) in [6.45, 7) is 16.2. The number of carbonyl (C=O) groups is 10. The number of carboxylic acids is 1. The number of benzene rings is 7. The first-order valence-corrected chi connectivity index (χ1v) is 56.4. The molecular formula is C103H128Br3F12I2N9O17V. The van der Waals surface area contributed by atoms with Crippen LogP contribution in [-0.4, -0.2) is 232 Å². The fraction of sp³-hybridized carbons (Fsp3) is 0.456. The van der Waals surface area contributed by atoms with Crippen molar-refractivity contribution in [3.63, 3.8) is 0 Å². The maximum absolute atomic E-state index is 13.0. The zero-order chi connectivity index (χ0) is 106. The predicted molar refractivity (Wildman–Crippen MR) is 567 cm³/mol. The van der Waals surface area contributed by atoms with Crippen LogP contribution < -0.4 is 26.6 Å². The number of esters is 4. The Bertz CT molecular complexity index is 5420. The molecule has 10 unspecified atom stereocenters. The Labute approximate surface area is 904 Å². The monoisotopic (exact) mass is 2530 g/mol. The molecule has 10 atom stereocenters. The average molecular weight is 2540 g/mol. The fourth-order valence-electron chi connectivity index (χ4n) is 16.3. The SMILES string of the molecule is C.C.C.C.CC(C)(C)OC(=O)Nc1ccccc1NC(=O)/C=C/c1ccc(C2CN(CC(F)(F)F)CC2C(=O)O)cc1.CCOC(=O)C1CN(C(=O)C(F)(F)F)CC1c1ccc(Br)cc1.CCOC(=O)C1CN(CC(F)(F)F)CC1c1ccc(/C=C/C(=O)Nc2ccccc2NC(=O)OC(C)(C)C)cc1.CCOC(=O)C1CN(CC(F)(F)F)CC1c1ccc(Br)cc1.CCOC(=O)C1CNCC1c1ccc(Br)cc1.[I][V][I]. The number of alkyl halides is 12. The summed E-state index contributed by atoms with van der Waals surface area (Å²) in [5.41, 5.74) is 5.50. The third-order valence-corrected chi connectivity index (χ3v) is 23.8. The Kier molecular flexibility index (Phi) is 55.6. The number of hydrogen-bond donors (Lipinski definition) is 6. The summed E-state index contributed by atoms with van der Waals surface area (Å²) < 4.78 is 186. The predicted octanol–water partition coefficient (Wildman–Crippen LogP) is 24.5. The van der Waals surface area contributed by atoms with Crippen LogP contribution in [0, 0.1) is 29.6 Å². The van der Waals surface area contributed by atoms with Gasteiger partial charge >= 0.3 is 122 Å². The van der Waals surface area contributed by atoms with Crippen molar-refractivity contribution in [2.75, 3.05) is 133 Å². The first kappa shape index (κ1) is 132. The van der Waals surface area contributed by atoms with E-state index in [9.17, 15) is 106 Å². The van der Waals surface area contributed by atoms with E-state index < -0.39 is 151 Å². The molecule has 5 saturated heterocycles. The summed E-state index contributed by atoms with van der Waals surface area (Å²) in [7, 11) is 0.628. The second-order valence-electron chi connectivity index (χ2n) is 35.2. The molecule has 7 aromatic rings. The Balaban J connectivity index is 0.000000480. The van der Waals surface area contributed by atoms with Crippen molar-refractivity contribution in [3.8, 4) is 0 Å². The van der Waals surface area contributed by atoms with Gasteiger partial charge in [0, 0.05) is 121 Å². The minimum absolute atomic E-state index is 0. The molecule has 6 N–H and O–H groups in total. The van der Waals surface area contributed by atoms with Crippen LogP contribution in [0.3, 0.4) is 0 Å². The van der Waals surface area contributed by atoms with Gasteiger partial charge in [0.1, 0.15) is 11.2 Å². The minimum atomic E-state index is -4.95. The van der Waals surface area contributed by atoms with Gasteiger partial charge in [-0.15, -0.1) is 0 Å². The molecule has 5 aliphatic heterocycles. The Hall–Kier alpha value is -9.20. The van der Waals surface area contributed by atoms with Crippen molar-refractivity contribution >= 4 is 182 Å². The number of nitrogens with one attached hydrogen (secondary N) is 5. The number of anilines is 4. The number of rotatable bonds is 25. The molecule has 26 nitrogen and oxygen atoms in total. The van der Waals surface area contributed by atoms with Crippen LogP contribution in [0.5, 0.6) is 0 Å². The molecule has 5 aliphatic rings. The maximum atomic E-state index is 13.0. The summed E-state index contributed by atoms with van der Waals surface area (Å²) in [6.07, 6.45) is -13.6. The molecule has 0 aliphatic carbocycles. The zero-order valence-corrected chi connectivity index (χ0v) is 89.9. The van der Waals surface area contributed by atoms with Crippen molar-refractivity contribution in [1.29, 1.82) is 0 Å². The number of carbonyl (C=O) groups excluding carboxylic acids is 9. The number of para-hydroxylation sites is 4. The summed E-state index contributed by atoms with van der Waals surface area (Å²) >= 11 is 14.8. The molecular weight excluding hydrogens is 2410 g/mol. The van der Waals surface area contributed by atoms with Crippen LogP contribution in [0.4, 0.5) is 85.0 Å². The first-order chi connectivity index (χ1) is 67.1. The van der Waals surface area contributed by atoms with Crippen LogP contribution in [0.1, 0.15) is 167 Å². The van der Waals surface area contributed by atoms with Gasteiger partial charge in [-0.1, -0.05) is 187 Å². The van der Waals surface area contributed by atoms with Crippen LogP contribution in [-0.2, 0) is 76.2 Å². The molecule has 7 aromatic carbocycles. The van der Waals surface area contributed by atoms with E-state index in [4.69, 9.17) is 28.4 Å². The van der Waals surface area contributed by atoms with Crippen molar-refractivity contribution in [1.82, 2.24) is 24.9 Å². The third-order valence-electron chi connectivity index (χ3n) is 22.3. The van der Waals surface area contributed by atoms with E-state index in [1.165, 1.54) is 27.5 Å². The van der Waals surface area contributed by atoms with Crippen LogP contribution in [0.2, 0.25) is 0 Å². The topological polar surface area (TPSA) is 319 Å². The summed E-state index contributed by atoms with van der Waals surface area (Å²) in [5, 5.41) is 23.4. The zero-order valence-electron chi connectivity index (χ0n) is 79.4. The number of ether oxygens (including phenoxy) is 6. The van der Waals surface area contributed by atoms with Gasteiger partial charge < -0.3 is 54.4 Å². The molecule has 147 heavy (non-hydrogen) atoms. The van der Waals surface area contributed by atoms with Gasteiger partial charge in [-0.25, -0.2) is 9.59 Å². The van der Waals surface area contributed by atoms with Gasteiger partial charge in [0.05, 0.1) is 98.4 Å². The number of halogens is 17. The molecule has 0 saturated carbocycles. The van der Waals surface area contributed by atoms with Crippen molar-refractivity contribution in [3.05, 3.63) is 234 Å². The van der Waals surface area contributed by atoms with E-state index in [2.05, 4.69) is 126 Å². The molecule has 0 aromatic heterocycles. The quantitative estimate of drug-likeness (QED) is 0.0102.